The van der Waals surface area contributed by atoms with E-state index in [0.29, 0.717) is 40.1 Å². The number of amides is 1. The summed E-state index contributed by atoms with van der Waals surface area (Å²) in [6, 6.07) is 19.9. The third-order valence-corrected chi connectivity index (χ3v) is 6.36. The molecule has 1 atom stereocenters. The van der Waals surface area contributed by atoms with Crippen LogP contribution in [0.2, 0.25) is 0 Å². The number of fused-ring (bicyclic) bond motifs is 1. The first-order chi connectivity index (χ1) is 18.2. The largest absolute Gasteiger partial charge is 0.497 e. The lowest BCUT2D eigenvalue weighted by Crippen LogP contribution is -2.34. The molecule has 38 heavy (non-hydrogen) atoms. The van der Waals surface area contributed by atoms with Crippen molar-refractivity contribution in [3.05, 3.63) is 82.5 Å². The van der Waals surface area contributed by atoms with Gasteiger partial charge in [0.1, 0.15) is 17.1 Å². The molecule has 1 aromatic heterocycles. The molecule has 0 radical (unpaired) electrons. The molecule has 1 N–H and O–H groups in total. The van der Waals surface area contributed by atoms with E-state index in [0.717, 1.165) is 5.56 Å². The maximum atomic E-state index is 13.6. The van der Waals surface area contributed by atoms with Gasteiger partial charge in [-0.25, -0.2) is 0 Å². The van der Waals surface area contributed by atoms with Gasteiger partial charge < -0.3 is 23.9 Å². The minimum Gasteiger partial charge on any atom is -0.497 e. The zero-order chi connectivity index (χ0) is 27.4. The van der Waals surface area contributed by atoms with Gasteiger partial charge in [-0.1, -0.05) is 64.1 Å². The van der Waals surface area contributed by atoms with Gasteiger partial charge in [-0.3, -0.25) is 9.59 Å². The molecular formula is C31H33NO6. The molecule has 1 amide bonds. The smallest absolute Gasteiger partial charge is 0.265 e. The van der Waals surface area contributed by atoms with Crippen LogP contribution in [0.15, 0.2) is 75.9 Å². The Morgan fingerprint density at radius 2 is 1.68 bits per heavy atom. The van der Waals surface area contributed by atoms with E-state index in [9.17, 15) is 9.59 Å². The lowest BCUT2D eigenvalue weighted by molar-refractivity contribution is -0.122. The van der Waals surface area contributed by atoms with Gasteiger partial charge in [0.2, 0.25) is 11.2 Å². The number of rotatable bonds is 8. The first kappa shape index (κ1) is 26.8. The average Bonchev–Trinajstić information content (AvgIpc) is 2.92. The van der Waals surface area contributed by atoms with Gasteiger partial charge >= 0.3 is 0 Å². The van der Waals surface area contributed by atoms with E-state index in [1.54, 1.807) is 43.5 Å². The van der Waals surface area contributed by atoms with Crippen LogP contribution in [0.4, 0.5) is 5.69 Å². The van der Waals surface area contributed by atoms with Crippen LogP contribution >= 0.6 is 0 Å². The number of methoxy groups -OCH3 is 2. The minimum absolute atomic E-state index is 0.00379. The molecule has 1 unspecified atom stereocenters. The van der Waals surface area contributed by atoms with Crippen molar-refractivity contribution in [1.82, 2.24) is 0 Å². The molecule has 4 rings (SSSR count). The highest BCUT2D eigenvalue weighted by Crippen LogP contribution is 2.34. The second-order valence-corrected chi connectivity index (χ2v) is 9.98. The number of carbonyl (C=O) groups excluding carboxylic acids is 1. The van der Waals surface area contributed by atoms with Crippen molar-refractivity contribution in [3.8, 4) is 28.6 Å². The van der Waals surface area contributed by atoms with Gasteiger partial charge in [0.25, 0.3) is 5.91 Å². The number of ether oxygens (including phenoxy) is 3. The van der Waals surface area contributed by atoms with Crippen LogP contribution in [-0.4, -0.2) is 26.2 Å². The number of nitrogens with one attached hydrogen (secondary N) is 1. The molecule has 0 aliphatic rings. The first-order valence-electron chi connectivity index (χ1n) is 12.5. The molecule has 7 heteroatoms. The van der Waals surface area contributed by atoms with Crippen LogP contribution < -0.4 is 25.0 Å². The molecule has 0 aliphatic carbocycles. The molecule has 3 aromatic carbocycles. The van der Waals surface area contributed by atoms with Crippen LogP contribution in [0.25, 0.3) is 22.3 Å². The SMILES string of the molecule is CCC(Oc1c(-c2ccc(C(C)(C)C)cc2)oc2ccccc2c1=O)C(=O)Nc1ccc(OC)cc1OC. The fraction of sp³-hybridized carbons (Fsp3) is 0.290. The van der Waals surface area contributed by atoms with Crippen molar-refractivity contribution in [2.75, 3.05) is 19.5 Å². The lowest BCUT2D eigenvalue weighted by atomic mass is 9.86. The number of benzene rings is 3. The van der Waals surface area contributed by atoms with E-state index >= 15 is 0 Å². The molecule has 1 heterocycles. The van der Waals surface area contributed by atoms with E-state index in [-0.39, 0.29) is 22.4 Å². The molecule has 0 spiro atoms. The monoisotopic (exact) mass is 515 g/mol. The predicted octanol–water partition coefficient (Wildman–Crippen LogP) is 6.57. The Bertz CT molecular complexity index is 1500. The van der Waals surface area contributed by atoms with Crippen LogP contribution in [0.3, 0.4) is 0 Å². The fourth-order valence-corrected chi connectivity index (χ4v) is 4.12. The zero-order valence-corrected chi connectivity index (χ0v) is 22.6. The van der Waals surface area contributed by atoms with Gasteiger partial charge in [-0.15, -0.1) is 0 Å². The summed E-state index contributed by atoms with van der Waals surface area (Å²) in [7, 11) is 3.06. The molecule has 0 aliphatic heterocycles. The van der Waals surface area contributed by atoms with Crippen molar-refractivity contribution < 1.29 is 23.4 Å². The normalized spacial score (nSPS) is 12.2. The summed E-state index contributed by atoms with van der Waals surface area (Å²) in [5.41, 5.74) is 2.36. The Morgan fingerprint density at radius 1 is 0.974 bits per heavy atom. The van der Waals surface area contributed by atoms with Crippen molar-refractivity contribution >= 4 is 22.6 Å². The maximum Gasteiger partial charge on any atom is 0.265 e. The summed E-state index contributed by atoms with van der Waals surface area (Å²) in [6.45, 7) is 8.22. The highest BCUT2D eigenvalue weighted by molar-refractivity contribution is 5.96. The van der Waals surface area contributed by atoms with Gasteiger partial charge in [-0.2, -0.15) is 0 Å². The summed E-state index contributed by atoms with van der Waals surface area (Å²) >= 11 is 0. The molecule has 0 saturated heterocycles. The van der Waals surface area contributed by atoms with Crippen molar-refractivity contribution in [2.24, 2.45) is 0 Å². The minimum atomic E-state index is -0.960. The second kappa shape index (κ2) is 11.0. The van der Waals surface area contributed by atoms with Gasteiger partial charge in [-0.05, 0) is 41.7 Å². The quantitative estimate of drug-likeness (QED) is 0.286. The highest BCUT2D eigenvalue weighted by atomic mass is 16.5. The van der Waals surface area contributed by atoms with Crippen LogP contribution in [-0.2, 0) is 10.2 Å². The van der Waals surface area contributed by atoms with Gasteiger partial charge in [0.05, 0.1) is 25.3 Å². The third-order valence-electron chi connectivity index (χ3n) is 6.36. The second-order valence-electron chi connectivity index (χ2n) is 9.98. The Morgan fingerprint density at radius 3 is 2.32 bits per heavy atom. The highest BCUT2D eigenvalue weighted by Gasteiger charge is 2.26. The van der Waals surface area contributed by atoms with Crippen LogP contribution in [0.1, 0.15) is 39.7 Å². The summed E-state index contributed by atoms with van der Waals surface area (Å²) in [6.07, 6.45) is -0.641. The van der Waals surface area contributed by atoms with Gasteiger partial charge in [0.15, 0.2) is 11.9 Å². The van der Waals surface area contributed by atoms with Crippen molar-refractivity contribution in [3.63, 3.8) is 0 Å². The number of anilines is 1. The molecule has 0 saturated carbocycles. The Kier molecular flexibility index (Phi) is 7.76. The van der Waals surface area contributed by atoms with E-state index in [4.69, 9.17) is 18.6 Å². The van der Waals surface area contributed by atoms with E-state index in [2.05, 4.69) is 26.1 Å². The zero-order valence-electron chi connectivity index (χ0n) is 22.6. The maximum absolute atomic E-state index is 13.6. The van der Waals surface area contributed by atoms with Crippen molar-refractivity contribution in [1.29, 1.82) is 0 Å². The topological polar surface area (TPSA) is 87.0 Å². The molecule has 0 fully saturated rings. The van der Waals surface area contributed by atoms with Crippen LogP contribution in [0, 0.1) is 0 Å². The Hall–Kier alpha value is -4.26. The summed E-state index contributed by atoms with van der Waals surface area (Å²) in [5.74, 6) is 0.896. The third kappa shape index (κ3) is 5.52. The Balaban J connectivity index is 1.73. The molecule has 4 aromatic rings. The Labute approximate surface area is 222 Å². The van der Waals surface area contributed by atoms with Gasteiger partial charge in [0, 0.05) is 11.6 Å². The average molecular weight is 516 g/mol. The van der Waals surface area contributed by atoms with Crippen LogP contribution in [0.5, 0.6) is 17.2 Å². The van der Waals surface area contributed by atoms with E-state index < -0.39 is 12.0 Å². The molecular weight excluding hydrogens is 482 g/mol. The summed E-state index contributed by atoms with van der Waals surface area (Å²) < 4.78 is 23.0. The lowest BCUT2D eigenvalue weighted by Gasteiger charge is -2.21. The summed E-state index contributed by atoms with van der Waals surface area (Å²) in [4.78, 5) is 26.9. The number of hydrogen-bond donors (Lipinski definition) is 1. The predicted molar refractivity (Wildman–Crippen MR) is 150 cm³/mol. The molecule has 198 valence electrons. The molecule has 7 nitrogen and oxygen atoms in total. The standard InChI is InChI=1S/C31H33NO6/c1-7-24(30(34)32-23-17-16-21(35-5)18-26(23)36-6)37-29-27(33)22-10-8-9-11-25(22)38-28(29)19-12-14-20(15-13-19)31(2,3)4/h8-18,24H,7H2,1-6H3,(H,32,34). The number of carbonyl (C=O) groups is 1. The first-order valence-corrected chi connectivity index (χ1v) is 12.5. The number of para-hydroxylation sites is 1. The molecule has 0 bridgehead atoms. The van der Waals surface area contributed by atoms with E-state index in [1.165, 1.54) is 7.11 Å². The van der Waals surface area contributed by atoms with E-state index in [1.807, 2.05) is 37.3 Å². The van der Waals surface area contributed by atoms with Crippen molar-refractivity contribution in [2.45, 2.75) is 45.6 Å². The fourth-order valence-electron chi connectivity index (χ4n) is 4.12. The number of hydrogen-bond acceptors (Lipinski definition) is 6. The summed E-state index contributed by atoms with van der Waals surface area (Å²) in [5, 5.41) is 3.23.